The van der Waals surface area contributed by atoms with Gasteiger partial charge in [-0.15, -0.1) is 0 Å². The van der Waals surface area contributed by atoms with Crippen LogP contribution in [0.2, 0.25) is 10.0 Å². The third-order valence-electron chi connectivity index (χ3n) is 4.09. The molecule has 28 heavy (non-hydrogen) atoms. The molecule has 4 aromatic rings. The van der Waals surface area contributed by atoms with E-state index >= 15 is 0 Å². The van der Waals surface area contributed by atoms with E-state index in [0.29, 0.717) is 32.7 Å². The zero-order chi connectivity index (χ0) is 19.7. The van der Waals surface area contributed by atoms with Crippen LogP contribution >= 0.6 is 23.2 Å². The van der Waals surface area contributed by atoms with Crippen LogP contribution in [0.5, 0.6) is 0 Å². The minimum Gasteiger partial charge on any atom is -0.456 e. The molecular weight excluding hydrogens is 395 g/mol. The molecule has 2 aromatic carbocycles. The van der Waals surface area contributed by atoms with Crippen LogP contribution in [0.1, 0.15) is 11.4 Å². The molecule has 0 bridgehead atoms. The Kier molecular flexibility index (Phi) is 5.03. The summed E-state index contributed by atoms with van der Waals surface area (Å²) in [6.07, 6.45) is 0. The summed E-state index contributed by atoms with van der Waals surface area (Å²) < 4.78 is 6.05. The van der Waals surface area contributed by atoms with E-state index in [2.05, 4.69) is 20.5 Å². The highest BCUT2D eigenvalue weighted by atomic mass is 35.5. The molecule has 0 saturated heterocycles. The molecular formula is C21H16Cl2N4O. The summed E-state index contributed by atoms with van der Waals surface area (Å²) in [4.78, 5) is 8.71. The van der Waals surface area contributed by atoms with E-state index in [-0.39, 0.29) is 0 Å². The lowest BCUT2D eigenvalue weighted by atomic mass is 10.1. The maximum absolute atomic E-state index is 6.18. The molecule has 0 fully saturated rings. The number of aromatic nitrogens is 2. The van der Waals surface area contributed by atoms with Crippen molar-refractivity contribution < 1.29 is 4.42 Å². The van der Waals surface area contributed by atoms with Gasteiger partial charge >= 0.3 is 0 Å². The van der Waals surface area contributed by atoms with Crippen molar-refractivity contribution >= 4 is 40.1 Å². The molecule has 0 aliphatic carbocycles. The van der Waals surface area contributed by atoms with Gasteiger partial charge in [0.05, 0.1) is 5.36 Å². The highest BCUT2D eigenvalue weighted by Crippen LogP contribution is 2.25. The molecule has 1 N–H and O–H groups in total. The Balaban J connectivity index is 1.86. The van der Waals surface area contributed by atoms with E-state index in [4.69, 9.17) is 27.6 Å². The van der Waals surface area contributed by atoms with Crippen LogP contribution in [0.4, 0.5) is 5.95 Å². The monoisotopic (exact) mass is 410 g/mol. The van der Waals surface area contributed by atoms with Crippen molar-refractivity contribution in [1.82, 2.24) is 9.97 Å². The SMILES string of the molecule is Cc1cc(C)nc(N/N=c2/cc(-c3ccc(Cl)cc3)oc3ccc(Cl)cc23)n1. The first kappa shape index (κ1) is 18.5. The lowest BCUT2D eigenvalue weighted by Gasteiger charge is -2.06. The Hall–Kier alpha value is -2.89. The molecule has 0 unspecified atom stereocenters. The van der Waals surface area contributed by atoms with E-state index in [1.165, 1.54) is 0 Å². The molecule has 4 rings (SSSR count). The molecule has 0 saturated carbocycles. The number of halogens is 2. The molecule has 0 amide bonds. The first-order valence-electron chi connectivity index (χ1n) is 8.59. The Morgan fingerprint density at radius 1 is 0.857 bits per heavy atom. The first-order valence-corrected chi connectivity index (χ1v) is 9.35. The molecule has 0 atom stereocenters. The van der Waals surface area contributed by atoms with Gasteiger partial charge in [-0.1, -0.05) is 23.2 Å². The van der Waals surface area contributed by atoms with Crippen molar-refractivity contribution in [3.63, 3.8) is 0 Å². The van der Waals surface area contributed by atoms with Crippen LogP contribution in [-0.2, 0) is 0 Å². The fourth-order valence-electron chi connectivity index (χ4n) is 2.88. The van der Waals surface area contributed by atoms with Crippen LogP contribution in [0.15, 0.2) is 64.1 Å². The minimum absolute atomic E-state index is 0.432. The second-order valence-electron chi connectivity index (χ2n) is 6.34. The molecule has 2 aromatic heterocycles. The Morgan fingerprint density at radius 3 is 2.25 bits per heavy atom. The summed E-state index contributed by atoms with van der Waals surface area (Å²) in [7, 11) is 0. The lowest BCUT2D eigenvalue weighted by Crippen LogP contribution is -2.09. The van der Waals surface area contributed by atoms with Gasteiger partial charge in [0.15, 0.2) is 0 Å². The topological polar surface area (TPSA) is 63.3 Å². The van der Waals surface area contributed by atoms with E-state index in [1.807, 2.05) is 62.4 Å². The number of nitrogens with one attached hydrogen (secondary N) is 1. The Morgan fingerprint density at radius 2 is 1.54 bits per heavy atom. The van der Waals surface area contributed by atoms with E-state index in [9.17, 15) is 0 Å². The van der Waals surface area contributed by atoms with Crippen molar-refractivity contribution in [2.45, 2.75) is 13.8 Å². The van der Waals surface area contributed by atoms with Crippen molar-refractivity contribution in [2.75, 3.05) is 5.43 Å². The van der Waals surface area contributed by atoms with Gasteiger partial charge in [0, 0.05) is 38.4 Å². The fourth-order valence-corrected chi connectivity index (χ4v) is 3.17. The van der Waals surface area contributed by atoms with E-state index < -0.39 is 0 Å². The number of hydrogen-bond donors (Lipinski definition) is 1. The molecule has 0 aliphatic heterocycles. The maximum Gasteiger partial charge on any atom is 0.243 e. The first-order chi connectivity index (χ1) is 13.5. The number of anilines is 1. The summed E-state index contributed by atoms with van der Waals surface area (Å²) in [5.74, 6) is 1.09. The minimum atomic E-state index is 0.432. The summed E-state index contributed by atoms with van der Waals surface area (Å²) in [6, 6.07) is 16.6. The average Bonchev–Trinajstić information content (AvgIpc) is 2.66. The molecule has 7 heteroatoms. The second kappa shape index (κ2) is 7.62. The van der Waals surface area contributed by atoms with Crippen LogP contribution in [0.25, 0.3) is 22.3 Å². The smallest absolute Gasteiger partial charge is 0.243 e. The fraction of sp³-hybridized carbons (Fsp3) is 0.0952. The lowest BCUT2D eigenvalue weighted by molar-refractivity contribution is 0.618. The van der Waals surface area contributed by atoms with Gasteiger partial charge in [0.2, 0.25) is 5.95 Å². The van der Waals surface area contributed by atoms with Gasteiger partial charge in [-0.2, -0.15) is 5.10 Å². The van der Waals surface area contributed by atoms with Crippen molar-refractivity contribution in [1.29, 1.82) is 0 Å². The van der Waals surface area contributed by atoms with Gasteiger partial charge in [-0.05, 0) is 62.4 Å². The third kappa shape index (κ3) is 4.01. The predicted octanol–water partition coefficient (Wildman–Crippen LogP) is 5.74. The molecule has 0 aliphatic rings. The van der Waals surface area contributed by atoms with Crippen LogP contribution in [0, 0.1) is 13.8 Å². The molecule has 140 valence electrons. The highest BCUT2D eigenvalue weighted by molar-refractivity contribution is 6.31. The Labute approximate surface area is 171 Å². The van der Waals surface area contributed by atoms with E-state index in [1.54, 1.807) is 6.07 Å². The van der Waals surface area contributed by atoms with Crippen LogP contribution < -0.4 is 10.8 Å². The number of hydrogen-bond acceptors (Lipinski definition) is 5. The van der Waals surface area contributed by atoms with Gasteiger partial charge in [-0.3, -0.25) is 0 Å². The molecule has 2 heterocycles. The second-order valence-corrected chi connectivity index (χ2v) is 7.21. The summed E-state index contributed by atoms with van der Waals surface area (Å²) in [5.41, 5.74) is 6.22. The van der Waals surface area contributed by atoms with Gasteiger partial charge in [-0.25, -0.2) is 15.4 Å². The molecule has 0 spiro atoms. The predicted molar refractivity (Wildman–Crippen MR) is 112 cm³/mol. The number of benzene rings is 2. The highest BCUT2D eigenvalue weighted by Gasteiger charge is 2.07. The number of aryl methyl sites for hydroxylation is 2. The normalized spacial score (nSPS) is 11.8. The zero-order valence-electron chi connectivity index (χ0n) is 15.2. The van der Waals surface area contributed by atoms with Crippen LogP contribution in [-0.4, -0.2) is 9.97 Å². The van der Waals surface area contributed by atoms with Crippen molar-refractivity contribution in [3.05, 3.63) is 81.4 Å². The largest absolute Gasteiger partial charge is 0.456 e. The van der Waals surface area contributed by atoms with Crippen molar-refractivity contribution in [3.8, 4) is 11.3 Å². The van der Waals surface area contributed by atoms with Crippen LogP contribution in [0.3, 0.4) is 0 Å². The van der Waals surface area contributed by atoms with Gasteiger partial charge in [0.25, 0.3) is 0 Å². The quantitative estimate of drug-likeness (QED) is 0.437. The zero-order valence-corrected chi connectivity index (χ0v) is 16.7. The third-order valence-corrected chi connectivity index (χ3v) is 4.58. The van der Waals surface area contributed by atoms with Gasteiger partial charge < -0.3 is 4.42 Å². The van der Waals surface area contributed by atoms with Gasteiger partial charge in [0.1, 0.15) is 11.3 Å². The van der Waals surface area contributed by atoms with E-state index in [0.717, 1.165) is 22.3 Å². The van der Waals surface area contributed by atoms with Crippen molar-refractivity contribution in [2.24, 2.45) is 5.10 Å². The number of fused-ring (bicyclic) bond motifs is 1. The number of rotatable bonds is 3. The molecule has 0 radical (unpaired) electrons. The summed E-state index contributed by atoms with van der Waals surface area (Å²) in [6.45, 7) is 3.82. The average molecular weight is 411 g/mol. The summed E-state index contributed by atoms with van der Waals surface area (Å²) in [5, 5.41) is 7.22. The molecule has 5 nitrogen and oxygen atoms in total. The number of nitrogens with zero attached hydrogens (tertiary/aromatic N) is 3. The maximum atomic E-state index is 6.18. The summed E-state index contributed by atoms with van der Waals surface area (Å²) >= 11 is 12.2. The Bertz CT molecular complexity index is 1210. The standard InChI is InChI=1S/C21H16Cl2N4O/c1-12-9-13(2)25-21(24-12)27-26-18-11-20(14-3-5-15(22)6-4-14)28-19-8-7-16(23)10-17(18)19/h3-11H,1-2H3,(H,24,25,27)/b26-18-.